The second kappa shape index (κ2) is 4.22. The third-order valence-electron chi connectivity index (χ3n) is 3.73. The Morgan fingerprint density at radius 1 is 1.17 bits per heavy atom. The van der Waals surface area contributed by atoms with Crippen molar-refractivity contribution in [3.63, 3.8) is 0 Å². The van der Waals surface area contributed by atoms with Crippen molar-refractivity contribution < 1.29 is 9.31 Å². The van der Waals surface area contributed by atoms with Gasteiger partial charge in [0.25, 0.3) is 0 Å². The van der Waals surface area contributed by atoms with E-state index in [1.165, 1.54) is 0 Å². The van der Waals surface area contributed by atoms with Gasteiger partial charge in [-0.05, 0) is 39.3 Å². The Morgan fingerprint density at radius 3 is 2.22 bits per heavy atom. The van der Waals surface area contributed by atoms with Gasteiger partial charge in [-0.2, -0.15) is 0 Å². The monoisotopic (exact) mass is 249 g/mol. The molecule has 0 unspecified atom stereocenters. The van der Waals surface area contributed by atoms with Crippen LogP contribution in [0.4, 0.5) is 5.82 Å². The number of aromatic nitrogens is 1. The molecule has 0 saturated carbocycles. The molecular formula is C12H20BN3O2. The fraction of sp³-hybridized carbons (Fsp3) is 0.583. The standard InChI is InChI=1S/C12H20BN3O2/c1-11(2)12(3,4)18-13(17-11)10-8(7-14)5-6-9(15)16-10/h5-6H,7,14H2,1-4H3,(H2,15,16). The molecule has 1 fully saturated rings. The minimum Gasteiger partial charge on any atom is -0.398 e. The maximum Gasteiger partial charge on any atom is 0.514 e. The molecule has 0 amide bonds. The summed E-state index contributed by atoms with van der Waals surface area (Å²) >= 11 is 0. The van der Waals surface area contributed by atoms with Crippen LogP contribution >= 0.6 is 0 Å². The summed E-state index contributed by atoms with van der Waals surface area (Å²) in [5, 5.41) is 0. The second-order valence-electron chi connectivity index (χ2n) is 5.57. The van der Waals surface area contributed by atoms with Crippen LogP contribution in [0.1, 0.15) is 33.3 Å². The predicted molar refractivity (Wildman–Crippen MR) is 72.3 cm³/mol. The fourth-order valence-corrected chi connectivity index (χ4v) is 1.85. The molecule has 0 aromatic carbocycles. The molecule has 0 atom stereocenters. The summed E-state index contributed by atoms with van der Waals surface area (Å²) in [6.45, 7) is 8.39. The number of hydrogen-bond acceptors (Lipinski definition) is 5. The van der Waals surface area contributed by atoms with Gasteiger partial charge in [0, 0.05) is 6.54 Å². The largest absolute Gasteiger partial charge is 0.514 e. The lowest BCUT2D eigenvalue weighted by atomic mass is 9.81. The highest BCUT2D eigenvalue weighted by atomic mass is 16.7. The van der Waals surface area contributed by atoms with Crippen molar-refractivity contribution in [1.29, 1.82) is 0 Å². The van der Waals surface area contributed by atoms with E-state index in [2.05, 4.69) is 4.98 Å². The lowest BCUT2D eigenvalue weighted by molar-refractivity contribution is 0.00578. The molecule has 1 aromatic rings. The maximum atomic E-state index is 5.95. The van der Waals surface area contributed by atoms with Crippen molar-refractivity contribution in [2.75, 3.05) is 5.73 Å². The number of anilines is 1. The van der Waals surface area contributed by atoms with E-state index in [0.717, 1.165) is 5.56 Å². The van der Waals surface area contributed by atoms with E-state index in [4.69, 9.17) is 20.8 Å². The Balaban J connectivity index is 2.37. The van der Waals surface area contributed by atoms with Gasteiger partial charge in [0.1, 0.15) is 5.82 Å². The van der Waals surface area contributed by atoms with E-state index in [9.17, 15) is 0 Å². The second-order valence-corrected chi connectivity index (χ2v) is 5.57. The predicted octanol–water partition coefficient (Wildman–Crippen LogP) is 0.422. The van der Waals surface area contributed by atoms with Gasteiger partial charge in [-0.3, -0.25) is 0 Å². The topological polar surface area (TPSA) is 83.4 Å². The Morgan fingerprint density at radius 2 is 1.72 bits per heavy atom. The van der Waals surface area contributed by atoms with Gasteiger partial charge in [0.2, 0.25) is 0 Å². The van der Waals surface area contributed by atoms with E-state index in [-0.39, 0.29) is 0 Å². The first-order valence-corrected chi connectivity index (χ1v) is 6.08. The molecular weight excluding hydrogens is 229 g/mol. The Labute approximate surface area is 108 Å². The zero-order valence-corrected chi connectivity index (χ0v) is 11.4. The van der Waals surface area contributed by atoms with Gasteiger partial charge in [0.05, 0.1) is 16.8 Å². The number of nitrogen functional groups attached to an aromatic ring is 1. The van der Waals surface area contributed by atoms with Crippen LogP contribution in [0.5, 0.6) is 0 Å². The Kier molecular flexibility index (Phi) is 3.13. The summed E-state index contributed by atoms with van der Waals surface area (Å²) < 4.78 is 11.9. The number of nitrogens with two attached hydrogens (primary N) is 2. The van der Waals surface area contributed by atoms with Crippen molar-refractivity contribution in [2.45, 2.75) is 45.4 Å². The zero-order valence-electron chi connectivity index (χ0n) is 11.4. The molecule has 0 spiro atoms. The molecule has 1 aliphatic rings. The molecule has 98 valence electrons. The lowest BCUT2D eigenvalue weighted by Crippen LogP contribution is -2.41. The summed E-state index contributed by atoms with van der Waals surface area (Å²) in [6.07, 6.45) is 0. The van der Waals surface area contributed by atoms with Crippen LogP contribution < -0.4 is 17.1 Å². The molecule has 2 heterocycles. The smallest absolute Gasteiger partial charge is 0.398 e. The molecule has 18 heavy (non-hydrogen) atoms. The van der Waals surface area contributed by atoms with Crippen LogP contribution in [-0.4, -0.2) is 23.3 Å². The molecule has 0 bridgehead atoms. The first-order valence-electron chi connectivity index (χ1n) is 6.08. The average molecular weight is 249 g/mol. The number of rotatable bonds is 2. The van der Waals surface area contributed by atoms with Gasteiger partial charge < -0.3 is 20.8 Å². The normalized spacial score (nSPS) is 21.3. The molecule has 6 heteroatoms. The minimum atomic E-state index is -0.517. The Hall–Kier alpha value is -1.11. The van der Waals surface area contributed by atoms with Crippen molar-refractivity contribution >= 4 is 18.5 Å². The molecule has 0 aliphatic carbocycles. The van der Waals surface area contributed by atoms with E-state index < -0.39 is 18.3 Å². The molecule has 5 nitrogen and oxygen atoms in total. The molecule has 4 N–H and O–H groups in total. The van der Waals surface area contributed by atoms with Crippen molar-refractivity contribution in [1.82, 2.24) is 4.98 Å². The van der Waals surface area contributed by atoms with Gasteiger partial charge in [0.15, 0.2) is 0 Å². The number of hydrogen-bond donors (Lipinski definition) is 2. The zero-order chi connectivity index (χ0) is 13.6. The summed E-state index contributed by atoms with van der Waals surface area (Å²) in [5.41, 5.74) is 12.2. The van der Waals surface area contributed by atoms with Crippen LogP contribution in [0.2, 0.25) is 0 Å². The van der Waals surface area contributed by atoms with E-state index in [1.54, 1.807) is 6.07 Å². The quantitative estimate of drug-likeness (QED) is 0.742. The van der Waals surface area contributed by atoms with Gasteiger partial charge in [-0.15, -0.1) is 0 Å². The third kappa shape index (κ3) is 2.11. The van der Waals surface area contributed by atoms with Crippen molar-refractivity contribution in [3.8, 4) is 0 Å². The fourth-order valence-electron chi connectivity index (χ4n) is 1.85. The van der Waals surface area contributed by atoms with Gasteiger partial charge in [-0.25, -0.2) is 4.98 Å². The van der Waals surface area contributed by atoms with Crippen LogP contribution in [-0.2, 0) is 15.9 Å². The van der Waals surface area contributed by atoms with Crippen LogP contribution in [0.3, 0.4) is 0 Å². The summed E-state index contributed by atoms with van der Waals surface area (Å²) in [4.78, 5) is 4.30. The molecule has 2 rings (SSSR count). The van der Waals surface area contributed by atoms with Gasteiger partial charge in [-0.1, -0.05) is 6.07 Å². The highest BCUT2D eigenvalue weighted by Gasteiger charge is 2.52. The van der Waals surface area contributed by atoms with Crippen LogP contribution in [0.25, 0.3) is 0 Å². The number of pyridine rings is 1. The first kappa shape index (κ1) is 13.3. The van der Waals surface area contributed by atoms with E-state index in [0.29, 0.717) is 18.0 Å². The van der Waals surface area contributed by atoms with E-state index in [1.807, 2.05) is 33.8 Å². The first-order chi connectivity index (χ1) is 8.27. The average Bonchev–Trinajstić information content (AvgIpc) is 2.48. The highest BCUT2D eigenvalue weighted by molar-refractivity contribution is 6.61. The SMILES string of the molecule is CC1(C)OB(c2nc(N)ccc2CN)OC1(C)C. The Bertz CT molecular complexity index is 447. The van der Waals surface area contributed by atoms with E-state index >= 15 is 0 Å². The van der Waals surface area contributed by atoms with Crippen LogP contribution in [0, 0.1) is 0 Å². The summed E-state index contributed by atoms with van der Waals surface area (Å²) in [6, 6.07) is 3.60. The maximum absolute atomic E-state index is 5.95. The summed E-state index contributed by atoms with van der Waals surface area (Å²) in [5.74, 6) is 0.442. The summed E-state index contributed by atoms with van der Waals surface area (Å²) in [7, 11) is -0.517. The molecule has 0 radical (unpaired) electrons. The molecule has 1 saturated heterocycles. The van der Waals surface area contributed by atoms with Crippen molar-refractivity contribution in [3.05, 3.63) is 17.7 Å². The molecule has 1 aliphatic heterocycles. The minimum absolute atomic E-state index is 0.382. The van der Waals surface area contributed by atoms with Gasteiger partial charge >= 0.3 is 7.12 Å². The highest BCUT2D eigenvalue weighted by Crippen LogP contribution is 2.36. The number of nitrogens with zero attached hydrogens (tertiary/aromatic N) is 1. The lowest BCUT2D eigenvalue weighted by Gasteiger charge is -2.32. The van der Waals surface area contributed by atoms with Crippen molar-refractivity contribution in [2.24, 2.45) is 5.73 Å². The third-order valence-corrected chi connectivity index (χ3v) is 3.73. The van der Waals surface area contributed by atoms with Crippen LogP contribution in [0.15, 0.2) is 12.1 Å². The molecule has 1 aromatic heterocycles.